The van der Waals surface area contributed by atoms with Crippen molar-refractivity contribution in [3.63, 3.8) is 0 Å². The molecule has 0 spiro atoms. The zero-order valence-electron chi connectivity index (χ0n) is 12.6. The molecule has 3 atom stereocenters. The van der Waals surface area contributed by atoms with Crippen LogP contribution in [0.1, 0.15) is 34.1 Å². The molecule has 112 valence electrons. The molecule has 5 heteroatoms. The van der Waals surface area contributed by atoms with Crippen LogP contribution in [0.15, 0.2) is 0 Å². The highest BCUT2D eigenvalue weighted by Gasteiger charge is 2.43. The molecule has 2 aliphatic heterocycles. The topological polar surface area (TPSA) is 49.4 Å². The first-order valence-electron chi connectivity index (χ1n) is 7.43. The third-order valence-electron chi connectivity index (χ3n) is 4.82. The summed E-state index contributed by atoms with van der Waals surface area (Å²) in [6.07, 6.45) is 1.12. The van der Waals surface area contributed by atoms with E-state index in [0.29, 0.717) is 18.3 Å². The predicted octanol–water partition coefficient (Wildman–Crippen LogP) is 1.13. The van der Waals surface area contributed by atoms with Crippen LogP contribution in [0.25, 0.3) is 0 Å². The summed E-state index contributed by atoms with van der Waals surface area (Å²) >= 11 is 0. The number of rotatable bonds is 4. The minimum Gasteiger partial charge on any atom is -0.316 e. The fourth-order valence-electron chi connectivity index (χ4n) is 3.47. The van der Waals surface area contributed by atoms with Crippen LogP contribution in [-0.4, -0.2) is 56.0 Å². The van der Waals surface area contributed by atoms with Gasteiger partial charge in [0.05, 0.1) is 10.5 Å². The van der Waals surface area contributed by atoms with Crippen molar-refractivity contribution in [1.29, 1.82) is 0 Å². The lowest BCUT2D eigenvalue weighted by Gasteiger charge is -2.28. The molecule has 0 bridgehead atoms. The molecule has 1 N–H and O–H groups in total. The Morgan fingerprint density at radius 2 is 1.95 bits per heavy atom. The van der Waals surface area contributed by atoms with Gasteiger partial charge < -0.3 is 5.32 Å². The second-order valence-electron chi connectivity index (χ2n) is 6.98. The minimum absolute atomic E-state index is 0.292. The fraction of sp³-hybridized carbons (Fsp3) is 1.00. The van der Waals surface area contributed by atoms with Crippen molar-refractivity contribution < 1.29 is 8.42 Å². The fourth-order valence-corrected chi connectivity index (χ4v) is 4.56. The van der Waals surface area contributed by atoms with Crippen molar-refractivity contribution in [2.24, 2.45) is 11.8 Å². The molecule has 0 aromatic heterocycles. The van der Waals surface area contributed by atoms with Crippen molar-refractivity contribution in [2.45, 2.75) is 44.9 Å². The maximum Gasteiger partial charge on any atom is 0.156 e. The normalized spacial score (nSPS) is 32.7. The Kier molecular flexibility index (Phi) is 4.29. The molecule has 0 amide bonds. The van der Waals surface area contributed by atoms with E-state index in [1.165, 1.54) is 0 Å². The number of nitrogens with one attached hydrogen (secondary N) is 1. The largest absolute Gasteiger partial charge is 0.316 e. The van der Waals surface area contributed by atoms with Crippen LogP contribution in [0.4, 0.5) is 0 Å². The van der Waals surface area contributed by atoms with Crippen molar-refractivity contribution in [1.82, 2.24) is 10.2 Å². The molecule has 2 saturated heterocycles. The van der Waals surface area contributed by atoms with E-state index in [1.54, 1.807) is 20.8 Å². The van der Waals surface area contributed by atoms with E-state index in [2.05, 4.69) is 17.1 Å². The number of sulfone groups is 1. The minimum atomic E-state index is -3.00. The van der Waals surface area contributed by atoms with Gasteiger partial charge in [0, 0.05) is 19.1 Å². The smallest absolute Gasteiger partial charge is 0.156 e. The Labute approximate surface area is 117 Å². The van der Waals surface area contributed by atoms with E-state index in [-0.39, 0.29) is 0 Å². The van der Waals surface area contributed by atoms with E-state index < -0.39 is 14.6 Å². The van der Waals surface area contributed by atoms with Gasteiger partial charge in [0.15, 0.2) is 9.84 Å². The Morgan fingerprint density at radius 3 is 2.53 bits per heavy atom. The van der Waals surface area contributed by atoms with Crippen LogP contribution in [0.5, 0.6) is 0 Å². The van der Waals surface area contributed by atoms with Gasteiger partial charge >= 0.3 is 0 Å². The van der Waals surface area contributed by atoms with Crippen LogP contribution in [0.2, 0.25) is 0 Å². The zero-order valence-corrected chi connectivity index (χ0v) is 13.5. The summed E-state index contributed by atoms with van der Waals surface area (Å²) in [4.78, 5) is 2.42. The summed E-state index contributed by atoms with van der Waals surface area (Å²) in [7, 11) is -3.00. The van der Waals surface area contributed by atoms with Crippen LogP contribution < -0.4 is 5.32 Å². The standard InChI is InChI=1S/C14H28N2O2S/c1-5-13-12-9-15-8-11(12)10-16(13)6-7-19(17,18)14(2,3)4/h11-13,15H,5-10H2,1-4H3. The first-order valence-corrected chi connectivity index (χ1v) is 9.08. The number of nitrogens with zero attached hydrogens (tertiary/aromatic N) is 1. The van der Waals surface area contributed by atoms with Crippen LogP contribution >= 0.6 is 0 Å². The Morgan fingerprint density at radius 1 is 1.26 bits per heavy atom. The molecule has 19 heavy (non-hydrogen) atoms. The second-order valence-corrected chi connectivity index (χ2v) is 9.85. The van der Waals surface area contributed by atoms with E-state index in [1.807, 2.05) is 0 Å². The van der Waals surface area contributed by atoms with Crippen molar-refractivity contribution in [3.8, 4) is 0 Å². The molecule has 0 aromatic rings. The summed E-state index contributed by atoms with van der Waals surface area (Å²) in [5.74, 6) is 1.74. The van der Waals surface area contributed by atoms with Gasteiger partial charge in [-0.1, -0.05) is 6.92 Å². The summed E-state index contributed by atoms with van der Waals surface area (Å²) < 4.78 is 23.8. The average molecular weight is 288 g/mol. The second kappa shape index (κ2) is 5.34. The molecule has 2 rings (SSSR count). The van der Waals surface area contributed by atoms with Gasteiger partial charge in [-0.15, -0.1) is 0 Å². The third kappa shape index (κ3) is 2.98. The molecular weight excluding hydrogens is 260 g/mol. The maximum absolute atomic E-state index is 12.2. The highest BCUT2D eigenvalue weighted by atomic mass is 32.2. The molecular formula is C14H28N2O2S. The van der Waals surface area contributed by atoms with Gasteiger partial charge in [-0.3, -0.25) is 4.90 Å². The lowest BCUT2D eigenvalue weighted by Crippen LogP contribution is -2.40. The van der Waals surface area contributed by atoms with Crippen molar-refractivity contribution in [2.75, 3.05) is 31.9 Å². The molecule has 2 aliphatic rings. The lowest BCUT2D eigenvalue weighted by atomic mass is 9.93. The Hall–Kier alpha value is -0.130. The molecule has 0 aromatic carbocycles. The van der Waals surface area contributed by atoms with E-state index >= 15 is 0 Å². The van der Waals surface area contributed by atoms with Crippen molar-refractivity contribution >= 4 is 9.84 Å². The summed E-state index contributed by atoms with van der Waals surface area (Å²) in [5, 5.41) is 3.46. The predicted molar refractivity (Wildman–Crippen MR) is 79.0 cm³/mol. The highest BCUT2D eigenvalue weighted by molar-refractivity contribution is 7.92. The van der Waals surface area contributed by atoms with Gasteiger partial charge in [0.1, 0.15) is 0 Å². The Balaban J connectivity index is 1.97. The van der Waals surface area contributed by atoms with E-state index in [4.69, 9.17) is 0 Å². The molecule has 3 unspecified atom stereocenters. The van der Waals surface area contributed by atoms with E-state index in [9.17, 15) is 8.42 Å². The molecule has 2 fully saturated rings. The summed E-state index contributed by atoms with van der Waals surface area (Å²) in [6, 6.07) is 0.565. The lowest BCUT2D eigenvalue weighted by molar-refractivity contribution is 0.230. The van der Waals surface area contributed by atoms with Gasteiger partial charge in [0.25, 0.3) is 0 Å². The molecule has 0 radical (unpaired) electrons. The van der Waals surface area contributed by atoms with Gasteiger partial charge in [0.2, 0.25) is 0 Å². The van der Waals surface area contributed by atoms with E-state index in [0.717, 1.165) is 37.9 Å². The SMILES string of the molecule is CCC1C2CNCC2CN1CCS(=O)(=O)C(C)(C)C. The molecule has 4 nitrogen and oxygen atoms in total. The first kappa shape index (κ1) is 15.3. The van der Waals surface area contributed by atoms with Crippen LogP contribution in [0, 0.1) is 11.8 Å². The third-order valence-corrected chi connectivity index (χ3v) is 7.41. The van der Waals surface area contributed by atoms with Crippen LogP contribution in [-0.2, 0) is 9.84 Å². The highest BCUT2D eigenvalue weighted by Crippen LogP contribution is 2.34. The number of fused-ring (bicyclic) bond motifs is 1. The van der Waals surface area contributed by atoms with Crippen LogP contribution in [0.3, 0.4) is 0 Å². The molecule has 0 saturated carbocycles. The molecule has 0 aliphatic carbocycles. The maximum atomic E-state index is 12.2. The van der Waals surface area contributed by atoms with Crippen molar-refractivity contribution in [3.05, 3.63) is 0 Å². The average Bonchev–Trinajstić information content (AvgIpc) is 2.83. The number of hydrogen-bond donors (Lipinski definition) is 1. The number of likely N-dealkylation sites (tertiary alicyclic amines) is 1. The quantitative estimate of drug-likeness (QED) is 0.842. The molecule has 2 heterocycles. The van der Waals surface area contributed by atoms with Gasteiger partial charge in [-0.05, 0) is 52.1 Å². The first-order chi connectivity index (χ1) is 8.76. The number of hydrogen-bond acceptors (Lipinski definition) is 4. The summed E-state index contributed by atoms with van der Waals surface area (Å²) in [6.45, 7) is 11.6. The van der Waals surface area contributed by atoms with Gasteiger partial charge in [-0.25, -0.2) is 8.42 Å². The van der Waals surface area contributed by atoms with Gasteiger partial charge in [-0.2, -0.15) is 0 Å². The monoisotopic (exact) mass is 288 g/mol. The zero-order chi connectivity index (χ0) is 14.3. The Bertz CT molecular complexity index is 414. The summed E-state index contributed by atoms with van der Waals surface area (Å²) in [5.41, 5.74) is 0.